The summed E-state index contributed by atoms with van der Waals surface area (Å²) in [6, 6.07) is 8.31. The Kier molecular flexibility index (Phi) is 3.95. The number of amides is 1. The molecule has 0 fully saturated rings. The highest BCUT2D eigenvalue weighted by Crippen LogP contribution is 2.33. The second kappa shape index (κ2) is 5.66. The van der Waals surface area contributed by atoms with Gasteiger partial charge < -0.3 is 20.9 Å². The number of anilines is 1. The summed E-state index contributed by atoms with van der Waals surface area (Å²) in [5.41, 5.74) is 10.9. The fraction of sp³-hybridized carbons (Fsp3) is 0. The van der Waals surface area contributed by atoms with Crippen LogP contribution < -0.4 is 20.9 Å². The van der Waals surface area contributed by atoms with Crippen molar-refractivity contribution in [3.8, 4) is 17.2 Å². The number of rotatable bonds is 3. The molecule has 0 saturated carbocycles. The molecule has 2 rings (SSSR count). The molecule has 0 spiro atoms. The van der Waals surface area contributed by atoms with Crippen LogP contribution >= 0.6 is 11.6 Å². The van der Waals surface area contributed by atoms with Gasteiger partial charge in [-0.3, -0.25) is 0 Å². The van der Waals surface area contributed by atoms with Crippen LogP contribution in [0.1, 0.15) is 0 Å². The van der Waals surface area contributed by atoms with Crippen LogP contribution in [0.2, 0.25) is 5.02 Å². The van der Waals surface area contributed by atoms with Gasteiger partial charge in [0, 0.05) is 11.8 Å². The van der Waals surface area contributed by atoms with E-state index < -0.39 is 11.9 Å². The molecule has 0 radical (unpaired) electrons. The highest BCUT2D eigenvalue weighted by molar-refractivity contribution is 6.32. The van der Waals surface area contributed by atoms with Gasteiger partial charge in [-0.15, -0.1) is 0 Å². The van der Waals surface area contributed by atoms with Crippen LogP contribution in [0.4, 0.5) is 14.9 Å². The summed E-state index contributed by atoms with van der Waals surface area (Å²) < 4.78 is 23.3. The zero-order valence-electron chi connectivity index (χ0n) is 10.1. The van der Waals surface area contributed by atoms with E-state index in [0.717, 1.165) is 6.07 Å². The largest absolute Gasteiger partial charge is 0.456 e. The Bertz CT molecular complexity index is 664. The second-order valence-corrected chi connectivity index (χ2v) is 4.21. The molecule has 0 aliphatic heterocycles. The Balaban J connectivity index is 2.27. The van der Waals surface area contributed by atoms with Crippen LogP contribution in [0.5, 0.6) is 17.2 Å². The van der Waals surface area contributed by atoms with Crippen LogP contribution in [0.25, 0.3) is 0 Å². The summed E-state index contributed by atoms with van der Waals surface area (Å²) in [6.45, 7) is 0. The van der Waals surface area contributed by atoms with E-state index >= 15 is 0 Å². The third-order valence-corrected chi connectivity index (χ3v) is 2.59. The van der Waals surface area contributed by atoms with Crippen LogP contribution in [0.15, 0.2) is 36.4 Å². The Morgan fingerprint density at radius 3 is 2.55 bits per heavy atom. The van der Waals surface area contributed by atoms with Gasteiger partial charge in [-0.2, -0.15) is 0 Å². The minimum absolute atomic E-state index is 0.231. The van der Waals surface area contributed by atoms with Crippen LogP contribution in [-0.2, 0) is 0 Å². The zero-order chi connectivity index (χ0) is 14.7. The number of carbonyl (C=O) groups is 1. The van der Waals surface area contributed by atoms with Gasteiger partial charge in [-0.1, -0.05) is 11.6 Å². The molecule has 2 aromatic carbocycles. The molecule has 0 bridgehead atoms. The molecule has 2 aromatic rings. The van der Waals surface area contributed by atoms with Gasteiger partial charge in [0.25, 0.3) is 0 Å². The van der Waals surface area contributed by atoms with E-state index in [4.69, 9.17) is 27.8 Å². The predicted octanol–water partition coefficient (Wildman–Crippen LogP) is 3.31. The Hall–Kier alpha value is -2.47. The molecule has 20 heavy (non-hydrogen) atoms. The molecule has 0 unspecified atom stereocenters. The highest BCUT2D eigenvalue weighted by atomic mass is 35.5. The summed E-state index contributed by atoms with van der Waals surface area (Å²) in [5, 5.41) is 0.298. The number of nitrogen functional groups attached to an aromatic ring is 1. The van der Waals surface area contributed by atoms with E-state index in [0.29, 0.717) is 16.5 Å². The molecule has 0 heterocycles. The summed E-state index contributed by atoms with van der Waals surface area (Å²) in [6.07, 6.45) is -1.12. The third-order valence-electron chi connectivity index (χ3n) is 2.30. The molecular weight excluding hydrogens is 287 g/mol. The average molecular weight is 297 g/mol. The SMILES string of the molecule is NC(=O)Oc1cc(Oc2ccc(N)cc2Cl)ccc1F. The van der Waals surface area contributed by atoms with Gasteiger partial charge in [0.1, 0.15) is 11.5 Å². The van der Waals surface area contributed by atoms with E-state index in [1.54, 1.807) is 12.1 Å². The topological polar surface area (TPSA) is 87.6 Å². The van der Waals surface area contributed by atoms with Crippen molar-refractivity contribution in [3.05, 3.63) is 47.2 Å². The lowest BCUT2D eigenvalue weighted by molar-refractivity contribution is 0.208. The lowest BCUT2D eigenvalue weighted by Gasteiger charge is -2.09. The van der Waals surface area contributed by atoms with Crippen molar-refractivity contribution in [1.82, 2.24) is 0 Å². The number of benzene rings is 2. The van der Waals surface area contributed by atoms with Crippen molar-refractivity contribution in [2.75, 3.05) is 5.73 Å². The maximum atomic E-state index is 13.4. The van der Waals surface area contributed by atoms with Gasteiger partial charge in [-0.05, 0) is 30.3 Å². The number of primary amides is 1. The summed E-state index contributed by atoms with van der Waals surface area (Å²) in [7, 11) is 0. The molecule has 0 aliphatic rings. The minimum atomic E-state index is -1.12. The van der Waals surface area contributed by atoms with E-state index in [1.807, 2.05) is 0 Å². The van der Waals surface area contributed by atoms with E-state index in [2.05, 4.69) is 4.74 Å². The Morgan fingerprint density at radius 1 is 1.15 bits per heavy atom. The fourth-order valence-corrected chi connectivity index (χ4v) is 1.69. The van der Waals surface area contributed by atoms with Crippen molar-refractivity contribution in [3.63, 3.8) is 0 Å². The van der Waals surface area contributed by atoms with Crippen LogP contribution in [0.3, 0.4) is 0 Å². The van der Waals surface area contributed by atoms with Crippen molar-refractivity contribution in [2.24, 2.45) is 5.73 Å². The van der Waals surface area contributed by atoms with E-state index in [9.17, 15) is 9.18 Å². The van der Waals surface area contributed by atoms with Crippen molar-refractivity contribution < 1.29 is 18.7 Å². The lowest BCUT2D eigenvalue weighted by atomic mass is 10.3. The van der Waals surface area contributed by atoms with E-state index in [1.165, 1.54) is 18.2 Å². The number of carbonyl (C=O) groups excluding carboxylic acids is 1. The number of hydrogen-bond donors (Lipinski definition) is 2. The van der Waals surface area contributed by atoms with E-state index in [-0.39, 0.29) is 11.5 Å². The maximum absolute atomic E-state index is 13.4. The Labute approximate surface area is 118 Å². The summed E-state index contributed by atoms with van der Waals surface area (Å²) in [5.74, 6) is -0.507. The standard InChI is InChI=1S/C13H10ClFN2O3/c14-9-5-7(16)1-4-11(9)19-8-2-3-10(15)12(6-8)20-13(17)18/h1-6H,16H2,(H2,17,18). The normalized spacial score (nSPS) is 10.1. The summed E-state index contributed by atoms with van der Waals surface area (Å²) in [4.78, 5) is 10.6. The zero-order valence-corrected chi connectivity index (χ0v) is 10.9. The lowest BCUT2D eigenvalue weighted by Crippen LogP contribution is -2.16. The third kappa shape index (κ3) is 3.30. The first-order valence-electron chi connectivity index (χ1n) is 5.45. The first-order valence-corrected chi connectivity index (χ1v) is 5.83. The average Bonchev–Trinajstić information content (AvgIpc) is 2.36. The quantitative estimate of drug-likeness (QED) is 0.851. The monoisotopic (exact) mass is 296 g/mol. The number of hydrogen-bond acceptors (Lipinski definition) is 4. The number of ether oxygens (including phenoxy) is 2. The number of nitrogens with two attached hydrogens (primary N) is 2. The van der Waals surface area contributed by atoms with Crippen LogP contribution in [-0.4, -0.2) is 6.09 Å². The molecule has 0 aliphatic carbocycles. The fourth-order valence-electron chi connectivity index (χ4n) is 1.46. The first kappa shape index (κ1) is 14.0. The Morgan fingerprint density at radius 2 is 1.90 bits per heavy atom. The van der Waals surface area contributed by atoms with Gasteiger partial charge in [0.05, 0.1) is 5.02 Å². The second-order valence-electron chi connectivity index (χ2n) is 3.81. The maximum Gasteiger partial charge on any atom is 0.410 e. The smallest absolute Gasteiger partial charge is 0.410 e. The van der Waals surface area contributed by atoms with Crippen molar-refractivity contribution in [1.29, 1.82) is 0 Å². The van der Waals surface area contributed by atoms with Crippen LogP contribution in [0, 0.1) is 5.82 Å². The van der Waals surface area contributed by atoms with Crippen molar-refractivity contribution >= 4 is 23.4 Å². The van der Waals surface area contributed by atoms with Gasteiger partial charge in [-0.25, -0.2) is 9.18 Å². The van der Waals surface area contributed by atoms with Gasteiger partial charge >= 0.3 is 6.09 Å². The minimum Gasteiger partial charge on any atom is -0.456 e. The summed E-state index contributed by atoms with van der Waals surface area (Å²) >= 11 is 5.95. The van der Waals surface area contributed by atoms with Gasteiger partial charge in [0.2, 0.25) is 0 Å². The predicted molar refractivity (Wildman–Crippen MR) is 72.5 cm³/mol. The molecule has 1 amide bonds. The molecule has 0 atom stereocenters. The molecule has 4 N–H and O–H groups in total. The molecule has 7 heteroatoms. The molecule has 104 valence electrons. The molecular formula is C13H10ClFN2O3. The van der Waals surface area contributed by atoms with Gasteiger partial charge in [0.15, 0.2) is 11.6 Å². The molecule has 0 aromatic heterocycles. The molecule has 0 saturated heterocycles. The highest BCUT2D eigenvalue weighted by Gasteiger charge is 2.10. The number of halogens is 2. The van der Waals surface area contributed by atoms with Crippen molar-refractivity contribution in [2.45, 2.75) is 0 Å². The molecule has 5 nitrogen and oxygen atoms in total. The first-order chi connectivity index (χ1) is 9.45.